The van der Waals surface area contributed by atoms with Gasteiger partial charge in [0.25, 0.3) is 11.8 Å². The minimum Gasteiger partial charge on any atom is -0.329 e. The first-order valence-corrected chi connectivity index (χ1v) is 12.2. The molecule has 1 fully saturated rings. The molecular weight excluding hydrogens is 430 g/mol. The number of nitrogens with zero attached hydrogens (tertiary/aromatic N) is 2. The molecule has 34 heavy (non-hydrogen) atoms. The molecule has 2 unspecified atom stereocenters. The number of alkyl halides is 2. The van der Waals surface area contributed by atoms with Gasteiger partial charge in [-0.05, 0) is 50.1 Å². The summed E-state index contributed by atoms with van der Waals surface area (Å²) in [5, 5.41) is 0. The fraction of sp³-hybridized carbons (Fsp3) is 0.483. The average Bonchev–Trinajstić information content (AvgIpc) is 2.81. The topological polar surface area (TPSA) is 23.6 Å². The molecule has 182 valence electrons. The van der Waals surface area contributed by atoms with Crippen molar-refractivity contribution < 1.29 is 13.6 Å². The number of benzene rings is 1. The standard InChI is InChI=1S/C29H36F2N2O/c1-4-18-29(30,31)27-15-10-25(11-16-27)9-14-26-13-8-24(7-5-6-23(26)2)12-17-28(34)33-21-19-32(3)20-22-33/h4-5,7-8,10-11,15-16,23,26H,1,6,9,13-14,18-22H2,2-3H3/b7-5+,24-8+. The summed E-state index contributed by atoms with van der Waals surface area (Å²) in [6, 6.07) is 6.70. The monoisotopic (exact) mass is 466 g/mol. The van der Waals surface area contributed by atoms with Crippen molar-refractivity contribution in [3.05, 3.63) is 71.8 Å². The third-order valence-electron chi connectivity index (χ3n) is 6.94. The maximum atomic E-state index is 14.0. The zero-order valence-corrected chi connectivity index (χ0v) is 20.4. The normalized spacial score (nSPS) is 24.1. The highest BCUT2D eigenvalue weighted by Gasteiger charge is 2.29. The lowest BCUT2D eigenvalue weighted by molar-refractivity contribution is -0.126. The molecule has 5 heteroatoms. The van der Waals surface area contributed by atoms with Crippen LogP contribution in [0.5, 0.6) is 0 Å². The SMILES string of the molecule is C=CCC(F)(F)c1ccc(CCC2C/C=C(C#CC(=O)N3CCN(C)CC3)\C=C\CC2C)cc1. The number of carbonyl (C=O) groups excluding carboxylic acids is 1. The van der Waals surface area contributed by atoms with E-state index in [1.54, 1.807) is 0 Å². The van der Waals surface area contributed by atoms with Crippen LogP contribution in [0.4, 0.5) is 8.78 Å². The van der Waals surface area contributed by atoms with Crippen LogP contribution in [0.2, 0.25) is 0 Å². The van der Waals surface area contributed by atoms with Gasteiger partial charge in [-0.1, -0.05) is 61.4 Å². The molecule has 0 bridgehead atoms. The van der Waals surface area contributed by atoms with Gasteiger partial charge in [-0.25, -0.2) is 8.78 Å². The lowest BCUT2D eigenvalue weighted by Gasteiger charge is -2.30. The number of amides is 1. The summed E-state index contributed by atoms with van der Waals surface area (Å²) >= 11 is 0. The van der Waals surface area contributed by atoms with Crippen molar-refractivity contribution in [2.45, 2.75) is 45.0 Å². The summed E-state index contributed by atoms with van der Waals surface area (Å²) in [5.74, 6) is 3.93. The van der Waals surface area contributed by atoms with Crippen molar-refractivity contribution in [3.8, 4) is 11.8 Å². The first-order chi connectivity index (χ1) is 16.3. The van der Waals surface area contributed by atoms with Gasteiger partial charge in [-0.3, -0.25) is 4.79 Å². The van der Waals surface area contributed by atoms with Crippen LogP contribution in [0.1, 0.15) is 43.7 Å². The van der Waals surface area contributed by atoms with Crippen molar-refractivity contribution in [2.24, 2.45) is 11.8 Å². The molecule has 1 aliphatic carbocycles. The van der Waals surface area contributed by atoms with Crippen molar-refractivity contribution in [2.75, 3.05) is 33.2 Å². The number of allylic oxidation sites excluding steroid dienone is 5. The Bertz CT molecular complexity index is 960. The number of halogens is 2. The van der Waals surface area contributed by atoms with Crippen LogP contribution in [0.3, 0.4) is 0 Å². The van der Waals surface area contributed by atoms with Crippen molar-refractivity contribution in [1.29, 1.82) is 0 Å². The predicted molar refractivity (Wildman–Crippen MR) is 134 cm³/mol. The van der Waals surface area contributed by atoms with Crippen LogP contribution in [0, 0.1) is 23.7 Å². The van der Waals surface area contributed by atoms with Crippen LogP contribution in [0.25, 0.3) is 0 Å². The molecule has 1 amide bonds. The maximum Gasteiger partial charge on any atom is 0.298 e. The molecule has 1 saturated heterocycles. The summed E-state index contributed by atoms with van der Waals surface area (Å²) in [4.78, 5) is 16.5. The maximum absolute atomic E-state index is 14.0. The molecule has 0 N–H and O–H groups in total. The number of aryl methyl sites for hydroxylation is 1. The van der Waals surface area contributed by atoms with Crippen LogP contribution < -0.4 is 0 Å². The lowest BCUT2D eigenvalue weighted by Crippen LogP contribution is -2.46. The van der Waals surface area contributed by atoms with Gasteiger partial charge in [0.05, 0.1) is 0 Å². The Labute approximate surface area is 203 Å². The highest BCUT2D eigenvalue weighted by Crippen LogP contribution is 2.33. The summed E-state index contributed by atoms with van der Waals surface area (Å²) < 4.78 is 28.1. The van der Waals surface area contributed by atoms with Crippen molar-refractivity contribution in [1.82, 2.24) is 9.80 Å². The molecule has 1 aromatic rings. The van der Waals surface area contributed by atoms with E-state index in [0.717, 1.165) is 63.0 Å². The van der Waals surface area contributed by atoms with E-state index < -0.39 is 5.92 Å². The quantitative estimate of drug-likeness (QED) is 0.403. The number of hydrogen-bond acceptors (Lipinski definition) is 2. The van der Waals surface area contributed by atoms with Crippen LogP contribution in [0.15, 0.2) is 60.7 Å². The molecule has 0 spiro atoms. The second kappa shape index (κ2) is 12.1. The zero-order chi connectivity index (χ0) is 24.6. The second-order valence-corrected chi connectivity index (χ2v) is 9.55. The molecule has 1 heterocycles. The molecular formula is C29H36F2N2O. The molecule has 0 aromatic heterocycles. The number of likely N-dealkylation sites (N-methyl/N-ethyl adjacent to an activating group) is 1. The van der Waals surface area contributed by atoms with Crippen molar-refractivity contribution in [3.63, 3.8) is 0 Å². The summed E-state index contributed by atoms with van der Waals surface area (Å²) in [7, 11) is 2.06. The Morgan fingerprint density at radius 3 is 2.56 bits per heavy atom. The minimum absolute atomic E-state index is 0.0397. The molecule has 0 radical (unpaired) electrons. The molecule has 3 nitrogen and oxygen atoms in total. The smallest absolute Gasteiger partial charge is 0.298 e. The predicted octanol–water partition coefficient (Wildman–Crippen LogP) is 5.59. The minimum atomic E-state index is -2.87. The van der Waals surface area contributed by atoms with E-state index in [2.05, 4.69) is 49.4 Å². The van der Waals surface area contributed by atoms with Crippen LogP contribution >= 0.6 is 0 Å². The Morgan fingerprint density at radius 1 is 1.18 bits per heavy atom. The molecule has 1 aliphatic heterocycles. The summed E-state index contributed by atoms with van der Waals surface area (Å²) in [6.45, 7) is 8.91. The first-order valence-electron chi connectivity index (χ1n) is 12.2. The molecule has 0 saturated carbocycles. The van der Waals surface area contributed by atoms with Gasteiger partial charge in [0, 0.05) is 49.7 Å². The lowest BCUT2D eigenvalue weighted by atomic mass is 9.82. The fourth-order valence-corrected chi connectivity index (χ4v) is 4.46. The molecule has 2 atom stereocenters. The number of hydrogen-bond donors (Lipinski definition) is 0. The van der Waals surface area contributed by atoms with Gasteiger partial charge in [0.2, 0.25) is 0 Å². The van der Waals surface area contributed by atoms with E-state index in [9.17, 15) is 13.6 Å². The van der Waals surface area contributed by atoms with Crippen molar-refractivity contribution >= 4 is 5.91 Å². The average molecular weight is 467 g/mol. The Kier molecular flexibility index (Phi) is 9.24. The third kappa shape index (κ3) is 7.40. The van der Waals surface area contributed by atoms with Gasteiger partial charge in [-0.2, -0.15) is 0 Å². The van der Waals surface area contributed by atoms with Crippen LogP contribution in [-0.4, -0.2) is 48.9 Å². The highest BCUT2D eigenvalue weighted by atomic mass is 19.3. The van der Waals surface area contributed by atoms with E-state index in [1.807, 2.05) is 23.1 Å². The Hall–Kier alpha value is -2.71. The van der Waals surface area contributed by atoms with Crippen LogP contribution in [-0.2, 0) is 17.1 Å². The van der Waals surface area contributed by atoms with E-state index >= 15 is 0 Å². The Balaban J connectivity index is 1.57. The van der Waals surface area contributed by atoms with Gasteiger partial charge in [0.1, 0.15) is 0 Å². The van der Waals surface area contributed by atoms with E-state index in [-0.39, 0.29) is 17.9 Å². The highest BCUT2D eigenvalue weighted by molar-refractivity contribution is 5.94. The van der Waals surface area contributed by atoms with E-state index in [0.29, 0.717) is 11.8 Å². The fourth-order valence-electron chi connectivity index (χ4n) is 4.46. The van der Waals surface area contributed by atoms with Gasteiger partial charge >= 0.3 is 0 Å². The van der Waals surface area contributed by atoms with Gasteiger partial charge in [0.15, 0.2) is 0 Å². The number of carbonyl (C=O) groups is 1. The number of rotatable bonds is 6. The second-order valence-electron chi connectivity index (χ2n) is 9.55. The summed E-state index contributed by atoms with van der Waals surface area (Å²) in [5.41, 5.74) is 2.01. The largest absolute Gasteiger partial charge is 0.329 e. The van der Waals surface area contributed by atoms with E-state index in [4.69, 9.17) is 0 Å². The number of piperazine rings is 1. The third-order valence-corrected chi connectivity index (χ3v) is 6.94. The Morgan fingerprint density at radius 2 is 1.88 bits per heavy atom. The van der Waals surface area contributed by atoms with Gasteiger partial charge < -0.3 is 9.80 Å². The van der Waals surface area contributed by atoms with E-state index in [1.165, 1.54) is 18.2 Å². The molecule has 2 aliphatic rings. The van der Waals surface area contributed by atoms with Gasteiger partial charge in [-0.15, -0.1) is 6.58 Å². The summed E-state index contributed by atoms with van der Waals surface area (Å²) in [6.07, 6.45) is 10.9. The molecule has 1 aromatic carbocycles. The molecule has 3 rings (SSSR count). The zero-order valence-electron chi connectivity index (χ0n) is 20.4. The first kappa shape index (κ1) is 25.9.